The Labute approximate surface area is 105 Å². The number of methoxy groups -OCH3 is 1. The van der Waals surface area contributed by atoms with E-state index in [1.807, 2.05) is 0 Å². The van der Waals surface area contributed by atoms with E-state index in [0.717, 1.165) is 13.0 Å². The first kappa shape index (κ1) is 14.7. The summed E-state index contributed by atoms with van der Waals surface area (Å²) in [6.45, 7) is 11.9. The molecule has 1 aliphatic rings. The third-order valence-electron chi connectivity index (χ3n) is 3.84. The molecule has 1 rings (SSSR count). The summed E-state index contributed by atoms with van der Waals surface area (Å²) in [7, 11) is -0.314. The van der Waals surface area contributed by atoms with Gasteiger partial charge >= 0.3 is 5.97 Å². The topological polar surface area (TPSA) is 47.6 Å². The van der Waals surface area contributed by atoms with Crippen LogP contribution in [-0.4, -0.2) is 40.1 Å². The van der Waals surface area contributed by atoms with E-state index in [-0.39, 0.29) is 23.2 Å². The fourth-order valence-electron chi connectivity index (χ4n) is 1.71. The van der Waals surface area contributed by atoms with Crippen LogP contribution in [0.15, 0.2) is 0 Å². The minimum Gasteiger partial charge on any atom is -0.468 e. The van der Waals surface area contributed by atoms with Crippen molar-refractivity contribution in [3.8, 4) is 0 Å². The summed E-state index contributed by atoms with van der Waals surface area (Å²) in [5, 5.41) is 3.36. The molecule has 1 heterocycles. The molecule has 1 N–H and O–H groups in total. The Balaban J connectivity index is 2.53. The Morgan fingerprint density at radius 3 is 2.41 bits per heavy atom. The largest absolute Gasteiger partial charge is 0.468 e. The maximum atomic E-state index is 11.4. The van der Waals surface area contributed by atoms with Crippen molar-refractivity contribution in [3.63, 3.8) is 0 Å². The van der Waals surface area contributed by atoms with Gasteiger partial charge in [0.05, 0.1) is 13.2 Å². The molecule has 0 amide bonds. The van der Waals surface area contributed by atoms with E-state index in [1.54, 1.807) is 0 Å². The van der Waals surface area contributed by atoms with Crippen LogP contribution in [0, 0.1) is 0 Å². The smallest absolute Gasteiger partial charge is 0.322 e. The first-order chi connectivity index (χ1) is 7.67. The normalized spacial score (nSPS) is 26.0. The van der Waals surface area contributed by atoms with Gasteiger partial charge in [-0.2, -0.15) is 0 Å². The van der Waals surface area contributed by atoms with Crippen molar-refractivity contribution in [3.05, 3.63) is 0 Å². The van der Waals surface area contributed by atoms with Gasteiger partial charge in [-0.1, -0.05) is 20.8 Å². The molecule has 17 heavy (non-hydrogen) atoms. The summed E-state index contributed by atoms with van der Waals surface area (Å²) < 4.78 is 11.0. The molecule has 0 aromatic rings. The first-order valence-corrected chi connectivity index (χ1v) is 9.07. The van der Waals surface area contributed by atoms with E-state index < -0.39 is 8.32 Å². The predicted octanol–water partition coefficient (Wildman–Crippen LogP) is 1.91. The number of hydrogen-bond acceptors (Lipinski definition) is 4. The van der Waals surface area contributed by atoms with E-state index in [0.29, 0.717) is 0 Å². The second kappa shape index (κ2) is 5.08. The molecular formula is C12H25NO3Si. The van der Waals surface area contributed by atoms with Crippen molar-refractivity contribution in [1.82, 2.24) is 5.32 Å². The van der Waals surface area contributed by atoms with Gasteiger partial charge in [0.2, 0.25) is 0 Å². The van der Waals surface area contributed by atoms with Gasteiger partial charge in [-0.05, 0) is 24.6 Å². The molecule has 4 nitrogen and oxygen atoms in total. The molecule has 5 heteroatoms. The Morgan fingerprint density at radius 1 is 1.35 bits per heavy atom. The van der Waals surface area contributed by atoms with Gasteiger partial charge in [0, 0.05) is 6.54 Å². The van der Waals surface area contributed by atoms with Crippen LogP contribution < -0.4 is 5.32 Å². The maximum absolute atomic E-state index is 11.4. The SMILES string of the molecule is COC(=O)[C@H]1C[C@@H](O[Si](C)(C)C(C)(C)C)CN1. The number of nitrogens with one attached hydrogen (secondary N) is 1. The van der Waals surface area contributed by atoms with Gasteiger partial charge in [0.15, 0.2) is 8.32 Å². The zero-order valence-corrected chi connectivity index (χ0v) is 12.8. The first-order valence-electron chi connectivity index (χ1n) is 6.16. The highest BCUT2D eigenvalue weighted by atomic mass is 28.4. The van der Waals surface area contributed by atoms with E-state index in [9.17, 15) is 4.79 Å². The van der Waals surface area contributed by atoms with Crippen molar-refractivity contribution in [2.24, 2.45) is 0 Å². The number of esters is 1. The molecule has 2 atom stereocenters. The van der Waals surface area contributed by atoms with Crippen molar-refractivity contribution >= 4 is 14.3 Å². The van der Waals surface area contributed by atoms with Crippen LogP contribution in [0.1, 0.15) is 27.2 Å². The Hall–Kier alpha value is -0.393. The zero-order valence-electron chi connectivity index (χ0n) is 11.8. The highest BCUT2D eigenvalue weighted by Crippen LogP contribution is 2.38. The molecule has 1 aliphatic heterocycles. The number of rotatable bonds is 3. The van der Waals surface area contributed by atoms with Crippen LogP contribution in [0.2, 0.25) is 18.1 Å². The second-order valence-electron chi connectivity index (χ2n) is 6.22. The molecule has 0 bridgehead atoms. The van der Waals surface area contributed by atoms with Gasteiger partial charge in [0.25, 0.3) is 0 Å². The van der Waals surface area contributed by atoms with Crippen LogP contribution >= 0.6 is 0 Å². The molecule has 0 radical (unpaired) electrons. The van der Waals surface area contributed by atoms with E-state index in [2.05, 4.69) is 39.2 Å². The summed E-state index contributed by atoms with van der Waals surface area (Å²) in [5.74, 6) is -0.189. The van der Waals surface area contributed by atoms with Crippen LogP contribution in [0.5, 0.6) is 0 Å². The monoisotopic (exact) mass is 259 g/mol. The van der Waals surface area contributed by atoms with Crippen molar-refractivity contribution < 1.29 is 14.0 Å². The van der Waals surface area contributed by atoms with Crippen LogP contribution in [-0.2, 0) is 14.0 Å². The third-order valence-corrected chi connectivity index (χ3v) is 8.38. The molecule has 1 fully saturated rings. The summed E-state index contributed by atoms with van der Waals surface area (Å²) in [5.41, 5.74) is 0. The van der Waals surface area contributed by atoms with Crippen LogP contribution in [0.3, 0.4) is 0 Å². The molecule has 0 unspecified atom stereocenters. The van der Waals surface area contributed by atoms with Gasteiger partial charge < -0.3 is 14.5 Å². The number of carbonyl (C=O) groups is 1. The zero-order chi connectivity index (χ0) is 13.3. The number of ether oxygens (including phenoxy) is 1. The molecule has 0 spiro atoms. The molecule has 1 saturated heterocycles. The minimum absolute atomic E-state index is 0.139. The lowest BCUT2D eigenvalue weighted by Gasteiger charge is -2.38. The molecule has 0 aromatic carbocycles. The van der Waals surface area contributed by atoms with E-state index >= 15 is 0 Å². The van der Waals surface area contributed by atoms with E-state index in [1.165, 1.54) is 7.11 Å². The van der Waals surface area contributed by atoms with Crippen molar-refractivity contribution in [2.75, 3.05) is 13.7 Å². The second-order valence-corrected chi connectivity index (χ2v) is 11.0. The fraction of sp³-hybridized carbons (Fsp3) is 0.917. The van der Waals surface area contributed by atoms with Gasteiger partial charge in [0.1, 0.15) is 6.04 Å². The Morgan fingerprint density at radius 2 is 1.94 bits per heavy atom. The van der Waals surface area contributed by atoms with Crippen LogP contribution in [0.4, 0.5) is 0 Å². The predicted molar refractivity (Wildman–Crippen MR) is 70.5 cm³/mol. The third kappa shape index (κ3) is 3.53. The average Bonchev–Trinajstić information content (AvgIpc) is 2.62. The standard InChI is InChI=1S/C12H25NO3Si/c1-12(2,3)17(5,6)16-9-7-10(13-8-9)11(14)15-4/h9-10,13H,7-8H2,1-6H3/t9-,10-/m1/s1. The number of carbonyl (C=O) groups excluding carboxylic acids is 1. The lowest BCUT2D eigenvalue weighted by Crippen LogP contribution is -2.44. The van der Waals surface area contributed by atoms with Crippen LogP contribution in [0.25, 0.3) is 0 Å². The molecule has 100 valence electrons. The quantitative estimate of drug-likeness (QED) is 0.621. The summed E-state index contributed by atoms with van der Waals surface area (Å²) in [6.07, 6.45) is 0.860. The summed E-state index contributed by atoms with van der Waals surface area (Å²) >= 11 is 0. The van der Waals surface area contributed by atoms with Crippen molar-refractivity contribution in [2.45, 2.75) is 57.5 Å². The number of hydrogen-bond donors (Lipinski definition) is 1. The maximum Gasteiger partial charge on any atom is 0.322 e. The highest BCUT2D eigenvalue weighted by molar-refractivity contribution is 6.74. The summed E-state index contributed by atoms with van der Waals surface area (Å²) in [4.78, 5) is 11.4. The Kier molecular flexibility index (Phi) is 4.38. The summed E-state index contributed by atoms with van der Waals surface area (Å²) in [6, 6.07) is -0.199. The highest BCUT2D eigenvalue weighted by Gasteiger charge is 2.41. The lowest BCUT2D eigenvalue weighted by atomic mass is 10.2. The molecular weight excluding hydrogens is 234 g/mol. The van der Waals surface area contributed by atoms with E-state index in [4.69, 9.17) is 9.16 Å². The molecule has 0 saturated carbocycles. The van der Waals surface area contributed by atoms with Crippen molar-refractivity contribution in [1.29, 1.82) is 0 Å². The lowest BCUT2D eigenvalue weighted by molar-refractivity contribution is -0.142. The minimum atomic E-state index is -1.74. The average molecular weight is 259 g/mol. The van der Waals surface area contributed by atoms with Gasteiger partial charge in [-0.25, -0.2) is 0 Å². The fourth-order valence-corrected chi connectivity index (χ4v) is 3.07. The molecule has 0 aliphatic carbocycles. The van der Waals surface area contributed by atoms with Gasteiger partial charge in [-0.3, -0.25) is 4.79 Å². The Bertz CT molecular complexity index is 286. The molecule has 0 aromatic heterocycles. The van der Waals surface area contributed by atoms with Gasteiger partial charge in [-0.15, -0.1) is 0 Å².